The molecule has 1 aliphatic heterocycles. The lowest BCUT2D eigenvalue weighted by atomic mass is 10.00. The monoisotopic (exact) mass is 535 g/mol. The largest absolute Gasteiger partial charge is 0.416 e. The topological polar surface area (TPSA) is 62.5 Å². The number of piperazine rings is 1. The molecule has 0 saturated carbocycles. The van der Waals surface area contributed by atoms with Gasteiger partial charge in [0.1, 0.15) is 11.5 Å². The van der Waals surface area contributed by atoms with Crippen molar-refractivity contribution in [2.45, 2.75) is 32.2 Å². The third-order valence-corrected chi connectivity index (χ3v) is 6.55. The van der Waals surface area contributed by atoms with Crippen molar-refractivity contribution in [3.05, 3.63) is 59.9 Å². The minimum atomic E-state index is -4.99. The Morgan fingerprint density at radius 2 is 1.45 bits per heavy atom. The average Bonchev–Trinajstić information content (AvgIpc) is 3.27. The Bertz CT molecular complexity index is 1410. The predicted molar refractivity (Wildman–Crippen MR) is 128 cm³/mol. The van der Waals surface area contributed by atoms with Gasteiger partial charge in [-0.3, -0.25) is 4.90 Å². The van der Waals surface area contributed by atoms with Crippen LogP contribution in [-0.4, -0.2) is 61.9 Å². The Labute approximate surface area is 213 Å². The SMILES string of the molecule is CC(C)N1CCN(c2ccc3nc(-c4cc(C(F)(F)F)cc(C(F)(F)F)c4)c(-c4ccnnc4)n3n2)CC1. The summed E-state index contributed by atoms with van der Waals surface area (Å²) in [5.41, 5.74) is -2.39. The number of fused-ring (bicyclic) bond motifs is 1. The van der Waals surface area contributed by atoms with Crippen molar-refractivity contribution < 1.29 is 26.3 Å². The smallest absolute Gasteiger partial charge is 0.353 e. The summed E-state index contributed by atoms with van der Waals surface area (Å²) in [6.45, 7) is 7.34. The zero-order chi connectivity index (χ0) is 27.2. The first-order chi connectivity index (χ1) is 17.9. The van der Waals surface area contributed by atoms with E-state index in [1.54, 1.807) is 18.2 Å². The van der Waals surface area contributed by atoms with Crippen LogP contribution in [0, 0.1) is 0 Å². The number of rotatable bonds is 4. The maximum Gasteiger partial charge on any atom is 0.416 e. The van der Waals surface area contributed by atoms with E-state index < -0.39 is 23.5 Å². The summed E-state index contributed by atoms with van der Waals surface area (Å²) in [5, 5.41) is 12.3. The zero-order valence-electron chi connectivity index (χ0n) is 20.4. The van der Waals surface area contributed by atoms with Crippen molar-refractivity contribution in [3.63, 3.8) is 0 Å². The van der Waals surface area contributed by atoms with Gasteiger partial charge < -0.3 is 4.90 Å². The molecule has 200 valence electrons. The lowest BCUT2D eigenvalue weighted by Gasteiger charge is -2.37. The number of anilines is 1. The molecule has 0 aliphatic carbocycles. The van der Waals surface area contributed by atoms with Crippen molar-refractivity contribution >= 4 is 11.5 Å². The summed E-state index contributed by atoms with van der Waals surface area (Å²) in [6.07, 6.45) is -7.24. The van der Waals surface area contributed by atoms with Gasteiger partial charge in [0.2, 0.25) is 0 Å². The van der Waals surface area contributed by atoms with E-state index in [1.165, 1.54) is 16.9 Å². The van der Waals surface area contributed by atoms with Crippen molar-refractivity contribution in [1.29, 1.82) is 0 Å². The molecule has 1 fully saturated rings. The van der Waals surface area contributed by atoms with Gasteiger partial charge in [-0.1, -0.05) is 0 Å². The van der Waals surface area contributed by atoms with Crippen LogP contribution in [0.15, 0.2) is 48.8 Å². The molecule has 4 aromatic rings. The Morgan fingerprint density at radius 1 is 0.789 bits per heavy atom. The number of alkyl halides is 6. The fourth-order valence-electron chi connectivity index (χ4n) is 4.54. The fraction of sp³-hybridized carbons (Fsp3) is 0.360. The van der Waals surface area contributed by atoms with Gasteiger partial charge >= 0.3 is 12.4 Å². The molecule has 5 rings (SSSR count). The molecule has 0 N–H and O–H groups in total. The van der Waals surface area contributed by atoms with Crippen molar-refractivity contribution in [2.24, 2.45) is 0 Å². The highest BCUT2D eigenvalue weighted by molar-refractivity contribution is 5.82. The molecule has 0 unspecified atom stereocenters. The van der Waals surface area contributed by atoms with Crippen LogP contribution in [0.4, 0.5) is 32.2 Å². The molecule has 0 radical (unpaired) electrons. The number of halogens is 6. The van der Waals surface area contributed by atoms with Crippen LogP contribution in [0.5, 0.6) is 0 Å². The second-order valence-electron chi connectivity index (χ2n) is 9.31. The fourth-order valence-corrected chi connectivity index (χ4v) is 4.54. The Balaban J connectivity index is 1.68. The molecule has 7 nitrogen and oxygen atoms in total. The van der Waals surface area contributed by atoms with Gasteiger partial charge in [-0.05, 0) is 50.2 Å². The quantitative estimate of drug-likeness (QED) is 0.325. The lowest BCUT2D eigenvalue weighted by Crippen LogP contribution is -2.49. The molecular weight excluding hydrogens is 512 g/mol. The van der Waals surface area contributed by atoms with Crippen molar-refractivity contribution in [3.8, 4) is 22.5 Å². The normalized spacial score (nSPS) is 15.6. The molecule has 1 saturated heterocycles. The van der Waals surface area contributed by atoms with Gasteiger partial charge in [-0.25, -0.2) is 9.50 Å². The van der Waals surface area contributed by atoms with E-state index in [0.29, 0.717) is 42.6 Å². The van der Waals surface area contributed by atoms with E-state index in [0.717, 1.165) is 13.1 Å². The average molecular weight is 535 g/mol. The summed E-state index contributed by atoms with van der Waals surface area (Å²) >= 11 is 0. The highest BCUT2D eigenvalue weighted by atomic mass is 19.4. The summed E-state index contributed by atoms with van der Waals surface area (Å²) in [4.78, 5) is 8.84. The Hall–Kier alpha value is -3.74. The third kappa shape index (κ3) is 5.02. The summed E-state index contributed by atoms with van der Waals surface area (Å²) in [7, 11) is 0. The van der Waals surface area contributed by atoms with E-state index in [9.17, 15) is 26.3 Å². The molecule has 38 heavy (non-hydrogen) atoms. The summed E-state index contributed by atoms with van der Waals surface area (Å²) < 4.78 is 82.9. The van der Waals surface area contributed by atoms with Gasteiger partial charge in [0, 0.05) is 43.3 Å². The van der Waals surface area contributed by atoms with E-state index in [1.807, 2.05) is 0 Å². The van der Waals surface area contributed by atoms with E-state index in [4.69, 9.17) is 5.10 Å². The van der Waals surface area contributed by atoms with Crippen LogP contribution in [-0.2, 0) is 12.4 Å². The standard InChI is InChI=1S/C25H23F6N7/c1-15(2)36-7-9-37(10-8-36)21-4-3-20-34-22(23(38(20)35-21)16-5-6-32-33-14-16)17-11-18(24(26,27)28)13-19(12-17)25(29,30)31/h3-6,11-15H,7-10H2,1-2H3. The number of aromatic nitrogens is 5. The highest BCUT2D eigenvalue weighted by Crippen LogP contribution is 2.41. The van der Waals surface area contributed by atoms with E-state index in [-0.39, 0.29) is 28.7 Å². The number of hydrogen-bond donors (Lipinski definition) is 0. The molecule has 0 bridgehead atoms. The van der Waals surface area contributed by atoms with Crippen LogP contribution in [0.1, 0.15) is 25.0 Å². The number of benzene rings is 1. The lowest BCUT2D eigenvalue weighted by molar-refractivity contribution is -0.143. The van der Waals surface area contributed by atoms with Crippen LogP contribution < -0.4 is 4.90 Å². The summed E-state index contributed by atoms with van der Waals surface area (Å²) in [6, 6.07) is 6.79. The number of imidazole rings is 1. The maximum absolute atomic E-state index is 13.6. The second-order valence-corrected chi connectivity index (χ2v) is 9.31. The van der Waals surface area contributed by atoms with E-state index >= 15 is 0 Å². The molecule has 3 aromatic heterocycles. The summed E-state index contributed by atoms with van der Waals surface area (Å²) in [5.74, 6) is 0.619. The Kier molecular flexibility index (Phi) is 6.49. The van der Waals surface area contributed by atoms with Gasteiger partial charge in [-0.2, -0.15) is 36.5 Å². The highest BCUT2D eigenvalue weighted by Gasteiger charge is 2.37. The second kappa shape index (κ2) is 9.53. The van der Waals surface area contributed by atoms with Crippen LogP contribution in [0.25, 0.3) is 28.2 Å². The molecule has 1 aliphatic rings. The Morgan fingerprint density at radius 3 is 2.00 bits per heavy atom. The first-order valence-electron chi connectivity index (χ1n) is 11.9. The van der Waals surface area contributed by atoms with Crippen LogP contribution >= 0.6 is 0 Å². The van der Waals surface area contributed by atoms with Crippen molar-refractivity contribution in [2.75, 3.05) is 31.1 Å². The van der Waals surface area contributed by atoms with Crippen LogP contribution in [0.2, 0.25) is 0 Å². The third-order valence-electron chi connectivity index (χ3n) is 6.55. The van der Waals surface area contributed by atoms with Gasteiger partial charge in [0.05, 0.1) is 29.2 Å². The first-order valence-corrected chi connectivity index (χ1v) is 11.9. The van der Waals surface area contributed by atoms with Gasteiger partial charge in [-0.15, -0.1) is 5.10 Å². The molecule has 0 amide bonds. The number of hydrogen-bond acceptors (Lipinski definition) is 6. The zero-order valence-corrected chi connectivity index (χ0v) is 20.4. The van der Waals surface area contributed by atoms with Crippen molar-refractivity contribution in [1.82, 2.24) is 29.7 Å². The molecule has 0 atom stereocenters. The molecule has 1 aromatic carbocycles. The van der Waals surface area contributed by atoms with E-state index in [2.05, 4.69) is 38.8 Å². The first kappa shape index (κ1) is 25.9. The minimum absolute atomic E-state index is 0.0797. The van der Waals surface area contributed by atoms with Gasteiger partial charge in [0.25, 0.3) is 0 Å². The van der Waals surface area contributed by atoms with Crippen LogP contribution in [0.3, 0.4) is 0 Å². The molecule has 0 spiro atoms. The number of nitrogens with zero attached hydrogens (tertiary/aromatic N) is 7. The minimum Gasteiger partial charge on any atom is -0.353 e. The van der Waals surface area contributed by atoms with Gasteiger partial charge in [0.15, 0.2) is 5.65 Å². The molecule has 4 heterocycles. The molecule has 13 heteroatoms. The molecular formula is C25H23F6N7. The maximum atomic E-state index is 13.6. The predicted octanol–water partition coefficient (Wildman–Crippen LogP) is 5.42.